The van der Waals surface area contributed by atoms with Crippen molar-refractivity contribution in [3.05, 3.63) is 34.9 Å². The third kappa shape index (κ3) is 3.73. The van der Waals surface area contributed by atoms with Crippen molar-refractivity contribution in [3.63, 3.8) is 0 Å². The van der Waals surface area contributed by atoms with Crippen LogP contribution in [0.15, 0.2) is 18.2 Å². The predicted octanol–water partition coefficient (Wildman–Crippen LogP) is 3.82. The maximum absolute atomic E-state index is 12.6. The summed E-state index contributed by atoms with van der Waals surface area (Å²) < 4.78 is 42.5. The van der Waals surface area contributed by atoms with Crippen molar-refractivity contribution in [1.29, 1.82) is 0 Å². The number of hydrogen-bond acceptors (Lipinski definition) is 2. The molecule has 0 atom stereocenters. The van der Waals surface area contributed by atoms with E-state index in [1.807, 2.05) is 0 Å². The van der Waals surface area contributed by atoms with Crippen molar-refractivity contribution in [2.24, 2.45) is 0 Å². The molecule has 0 bridgehead atoms. The van der Waals surface area contributed by atoms with Gasteiger partial charge in [0.25, 0.3) is 0 Å². The van der Waals surface area contributed by atoms with E-state index in [4.69, 9.17) is 4.74 Å². The second-order valence-electron chi connectivity index (χ2n) is 3.53. The highest BCUT2D eigenvalue weighted by atomic mass is 79.9. The van der Waals surface area contributed by atoms with Crippen LogP contribution in [0.5, 0.6) is 0 Å². The van der Waals surface area contributed by atoms with Gasteiger partial charge in [-0.2, -0.15) is 13.2 Å². The first-order valence-electron chi connectivity index (χ1n) is 5.33. The molecule has 0 aromatic heterocycles. The van der Waals surface area contributed by atoms with Gasteiger partial charge in [0, 0.05) is 5.33 Å². The molecule has 2 nitrogen and oxygen atoms in total. The standard InChI is InChI=1S/C12H12BrF3O2/c1-2-18-11(17)10-4-3-9(12(14,15)16)7-8(10)5-6-13/h3-4,7H,2,5-6H2,1H3. The molecular formula is C12H12BrF3O2. The van der Waals surface area contributed by atoms with Crippen molar-refractivity contribution < 1.29 is 22.7 Å². The van der Waals surface area contributed by atoms with Gasteiger partial charge < -0.3 is 4.74 Å². The molecule has 0 aliphatic heterocycles. The smallest absolute Gasteiger partial charge is 0.416 e. The largest absolute Gasteiger partial charge is 0.462 e. The van der Waals surface area contributed by atoms with Crippen LogP contribution in [-0.2, 0) is 17.3 Å². The van der Waals surface area contributed by atoms with Crippen LogP contribution in [0.2, 0.25) is 0 Å². The predicted molar refractivity (Wildman–Crippen MR) is 64.9 cm³/mol. The molecule has 0 fully saturated rings. The minimum atomic E-state index is -4.41. The molecule has 1 rings (SSSR count). The fourth-order valence-corrected chi connectivity index (χ4v) is 1.91. The number of carbonyl (C=O) groups excluding carboxylic acids is 1. The Morgan fingerprint density at radius 1 is 1.39 bits per heavy atom. The molecule has 0 aliphatic carbocycles. The number of carbonyl (C=O) groups is 1. The van der Waals surface area contributed by atoms with E-state index in [0.29, 0.717) is 17.3 Å². The van der Waals surface area contributed by atoms with Crippen LogP contribution in [-0.4, -0.2) is 17.9 Å². The van der Waals surface area contributed by atoms with Crippen molar-refractivity contribution in [2.75, 3.05) is 11.9 Å². The molecule has 0 aliphatic rings. The Hall–Kier alpha value is -1.04. The van der Waals surface area contributed by atoms with Crippen LogP contribution >= 0.6 is 15.9 Å². The van der Waals surface area contributed by atoms with Crippen molar-refractivity contribution in [3.8, 4) is 0 Å². The molecule has 0 spiro atoms. The molecule has 1 aromatic rings. The summed E-state index contributed by atoms with van der Waals surface area (Å²) in [5.74, 6) is -0.595. The average Bonchev–Trinajstić information content (AvgIpc) is 2.28. The van der Waals surface area contributed by atoms with Crippen LogP contribution < -0.4 is 0 Å². The van der Waals surface area contributed by atoms with Gasteiger partial charge in [0.1, 0.15) is 0 Å². The van der Waals surface area contributed by atoms with Crippen molar-refractivity contribution in [1.82, 2.24) is 0 Å². The molecule has 0 saturated carbocycles. The van der Waals surface area contributed by atoms with Crippen molar-refractivity contribution in [2.45, 2.75) is 19.5 Å². The number of hydrogen-bond donors (Lipinski definition) is 0. The molecule has 1 aromatic carbocycles. The Balaban J connectivity index is 3.16. The molecule has 100 valence electrons. The monoisotopic (exact) mass is 324 g/mol. The summed E-state index contributed by atoms with van der Waals surface area (Å²) in [7, 11) is 0. The Morgan fingerprint density at radius 3 is 2.56 bits per heavy atom. The minimum Gasteiger partial charge on any atom is -0.462 e. The van der Waals surface area contributed by atoms with Gasteiger partial charge in [-0.15, -0.1) is 0 Å². The number of esters is 1. The fourth-order valence-electron chi connectivity index (χ4n) is 1.49. The molecule has 6 heteroatoms. The Kier molecular flexibility index (Phi) is 5.19. The first-order valence-corrected chi connectivity index (χ1v) is 6.45. The normalized spacial score (nSPS) is 11.4. The molecule has 0 N–H and O–H groups in total. The summed E-state index contributed by atoms with van der Waals surface area (Å²) >= 11 is 3.15. The molecule has 0 radical (unpaired) electrons. The zero-order valence-electron chi connectivity index (χ0n) is 9.68. The van der Waals surface area contributed by atoms with E-state index < -0.39 is 17.7 Å². The highest BCUT2D eigenvalue weighted by molar-refractivity contribution is 9.09. The van der Waals surface area contributed by atoms with E-state index in [0.717, 1.165) is 12.1 Å². The minimum absolute atomic E-state index is 0.185. The molecule has 18 heavy (non-hydrogen) atoms. The summed E-state index contributed by atoms with van der Waals surface area (Å²) in [5, 5.41) is 0.473. The Morgan fingerprint density at radius 2 is 2.06 bits per heavy atom. The third-order valence-corrected chi connectivity index (χ3v) is 2.69. The van der Waals surface area contributed by atoms with Crippen molar-refractivity contribution >= 4 is 21.9 Å². The SMILES string of the molecule is CCOC(=O)c1ccc(C(F)(F)F)cc1CCBr. The van der Waals surface area contributed by atoms with Gasteiger partial charge in [0.05, 0.1) is 17.7 Å². The maximum atomic E-state index is 12.6. The van der Waals surface area contributed by atoms with E-state index in [1.54, 1.807) is 6.92 Å². The van der Waals surface area contributed by atoms with Gasteiger partial charge in [-0.1, -0.05) is 15.9 Å². The number of benzene rings is 1. The van der Waals surface area contributed by atoms with Gasteiger partial charge in [-0.3, -0.25) is 0 Å². The summed E-state index contributed by atoms with van der Waals surface area (Å²) in [6.45, 7) is 1.83. The second-order valence-corrected chi connectivity index (χ2v) is 4.32. The number of halogens is 4. The molecule has 0 unspecified atom stereocenters. The number of rotatable bonds is 4. The van der Waals surface area contributed by atoms with Crippen LogP contribution in [0.3, 0.4) is 0 Å². The average molecular weight is 325 g/mol. The summed E-state index contributed by atoms with van der Waals surface area (Å²) in [6, 6.07) is 3.05. The summed E-state index contributed by atoms with van der Waals surface area (Å²) in [5.41, 5.74) is -0.240. The van der Waals surface area contributed by atoms with Gasteiger partial charge in [0.2, 0.25) is 0 Å². The summed E-state index contributed by atoms with van der Waals surface area (Å²) in [4.78, 5) is 11.6. The first kappa shape index (κ1) is 15.0. The number of ether oxygens (including phenoxy) is 1. The fraction of sp³-hybridized carbons (Fsp3) is 0.417. The van der Waals surface area contributed by atoms with Crippen LogP contribution in [0.25, 0.3) is 0 Å². The number of aryl methyl sites for hydroxylation is 1. The van der Waals surface area contributed by atoms with Gasteiger partial charge >= 0.3 is 12.1 Å². The lowest BCUT2D eigenvalue weighted by Crippen LogP contribution is -2.12. The summed E-state index contributed by atoms with van der Waals surface area (Å²) in [6.07, 6.45) is -4.08. The Labute approximate surface area is 111 Å². The van der Waals surface area contributed by atoms with E-state index in [9.17, 15) is 18.0 Å². The zero-order valence-corrected chi connectivity index (χ0v) is 11.3. The molecule has 0 saturated heterocycles. The zero-order chi connectivity index (χ0) is 13.8. The maximum Gasteiger partial charge on any atom is 0.416 e. The highest BCUT2D eigenvalue weighted by Gasteiger charge is 2.31. The first-order chi connectivity index (χ1) is 8.40. The van der Waals surface area contributed by atoms with Crippen LogP contribution in [0.4, 0.5) is 13.2 Å². The van der Waals surface area contributed by atoms with Gasteiger partial charge in [0.15, 0.2) is 0 Å². The Bertz CT molecular complexity index is 430. The molecule has 0 heterocycles. The highest BCUT2D eigenvalue weighted by Crippen LogP contribution is 2.31. The van der Waals surface area contributed by atoms with Crippen LogP contribution in [0, 0.1) is 0 Å². The molecule has 0 amide bonds. The lowest BCUT2D eigenvalue weighted by atomic mass is 10.0. The third-order valence-electron chi connectivity index (χ3n) is 2.29. The lowest BCUT2D eigenvalue weighted by molar-refractivity contribution is -0.137. The van der Waals surface area contributed by atoms with Gasteiger partial charge in [-0.25, -0.2) is 4.79 Å². The topological polar surface area (TPSA) is 26.3 Å². The number of alkyl halides is 4. The van der Waals surface area contributed by atoms with Crippen LogP contribution in [0.1, 0.15) is 28.4 Å². The quantitative estimate of drug-likeness (QED) is 0.621. The van der Waals surface area contributed by atoms with E-state index in [1.165, 1.54) is 6.07 Å². The second kappa shape index (κ2) is 6.22. The van der Waals surface area contributed by atoms with E-state index in [2.05, 4.69) is 15.9 Å². The molecular weight excluding hydrogens is 313 g/mol. The van der Waals surface area contributed by atoms with E-state index in [-0.39, 0.29) is 12.2 Å². The van der Waals surface area contributed by atoms with E-state index >= 15 is 0 Å². The lowest BCUT2D eigenvalue weighted by Gasteiger charge is -2.12. The van der Waals surface area contributed by atoms with Gasteiger partial charge in [-0.05, 0) is 37.1 Å².